The summed E-state index contributed by atoms with van der Waals surface area (Å²) in [5.41, 5.74) is -0.696. The van der Waals surface area contributed by atoms with E-state index >= 15 is 0 Å². The number of aromatic nitrogens is 2. The molecular formula is C12H20N4O3S. The number of nitrogens with zero attached hydrogens (tertiary/aromatic N) is 2. The summed E-state index contributed by atoms with van der Waals surface area (Å²) in [6.07, 6.45) is 2.97. The Labute approximate surface area is 118 Å². The molecule has 20 heavy (non-hydrogen) atoms. The Balaban J connectivity index is 1.97. The summed E-state index contributed by atoms with van der Waals surface area (Å²) in [5, 5.41) is 9.57. The lowest BCUT2D eigenvalue weighted by atomic mass is 10.0. The van der Waals surface area contributed by atoms with Gasteiger partial charge in [-0.2, -0.15) is 5.10 Å². The molecule has 1 atom stereocenters. The minimum Gasteiger partial charge on any atom is -0.332 e. The number of rotatable bonds is 4. The molecule has 0 radical (unpaired) electrons. The van der Waals surface area contributed by atoms with E-state index < -0.39 is 21.4 Å². The van der Waals surface area contributed by atoms with Gasteiger partial charge < -0.3 is 5.32 Å². The van der Waals surface area contributed by atoms with Crippen LogP contribution in [0.3, 0.4) is 0 Å². The first-order valence-electron chi connectivity index (χ1n) is 6.65. The maximum Gasteiger partial charge on any atom is 0.320 e. The molecule has 0 aliphatic carbocycles. The lowest BCUT2D eigenvalue weighted by Crippen LogP contribution is -2.48. The molecule has 2 heterocycles. The van der Waals surface area contributed by atoms with E-state index in [0.29, 0.717) is 18.8 Å². The highest BCUT2D eigenvalue weighted by molar-refractivity contribution is 7.91. The Bertz CT molecular complexity index is 596. The van der Waals surface area contributed by atoms with Crippen molar-refractivity contribution >= 4 is 21.7 Å². The van der Waals surface area contributed by atoms with Gasteiger partial charge in [-0.1, -0.05) is 6.92 Å². The van der Waals surface area contributed by atoms with Crippen LogP contribution in [-0.4, -0.2) is 41.3 Å². The number of hydrogen-bond acceptors (Lipinski definition) is 4. The van der Waals surface area contributed by atoms with Crippen LogP contribution in [0.15, 0.2) is 12.3 Å². The second kappa shape index (κ2) is 5.43. The van der Waals surface area contributed by atoms with Crippen molar-refractivity contribution in [3.05, 3.63) is 12.3 Å². The lowest BCUT2D eigenvalue weighted by molar-refractivity contribution is 0.242. The van der Waals surface area contributed by atoms with Crippen molar-refractivity contribution in [1.29, 1.82) is 0 Å². The third-order valence-electron chi connectivity index (χ3n) is 3.31. The zero-order valence-corrected chi connectivity index (χ0v) is 12.5. The highest BCUT2D eigenvalue weighted by atomic mass is 32.2. The standard InChI is InChI=1S/C12H20N4O3S/c1-3-7-16-10(4-6-13-16)14-11(17)15-12(2)5-8-20(18,19)9-12/h4,6H,3,5,7-9H2,1-2H3,(H2,14,15,17). The average Bonchev–Trinajstić information content (AvgIpc) is 2.84. The SMILES string of the molecule is CCCn1nccc1NC(=O)NC1(C)CCS(=O)(=O)C1. The third-order valence-corrected chi connectivity index (χ3v) is 5.22. The van der Waals surface area contributed by atoms with Gasteiger partial charge in [0.05, 0.1) is 23.2 Å². The molecule has 2 amide bonds. The highest BCUT2D eigenvalue weighted by Gasteiger charge is 2.39. The molecule has 1 aliphatic heterocycles. The smallest absolute Gasteiger partial charge is 0.320 e. The van der Waals surface area contributed by atoms with Crippen molar-refractivity contribution in [2.75, 3.05) is 16.8 Å². The molecule has 1 unspecified atom stereocenters. The van der Waals surface area contributed by atoms with Crippen molar-refractivity contribution in [3.8, 4) is 0 Å². The third kappa shape index (κ3) is 3.50. The maximum atomic E-state index is 12.0. The van der Waals surface area contributed by atoms with Crippen molar-refractivity contribution in [2.45, 2.75) is 38.8 Å². The molecular weight excluding hydrogens is 280 g/mol. The summed E-state index contributed by atoms with van der Waals surface area (Å²) in [6.45, 7) is 4.49. The topological polar surface area (TPSA) is 93.1 Å². The fourth-order valence-electron chi connectivity index (χ4n) is 2.36. The van der Waals surface area contributed by atoms with E-state index in [2.05, 4.69) is 15.7 Å². The summed E-state index contributed by atoms with van der Waals surface area (Å²) < 4.78 is 24.7. The van der Waals surface area contributed by atoms with Crippen LogP contribution in [0.1, 0.15) is 26.7 Å². The van der Waals surface area contributed by atoms with Crippen molar-refractivity contribution in [2.24, 2.45) is 0 Å². The Kier molecular flexibility index (Phi) is 4.03. The molecule has 1 fully saturated rings. The van der Waals surface area contributed by atoms with Crippen LogP contribution in [0.4, 0.5) is 10.6 Å². The molecule has 2 N–H and O–H groups in total. The Morgan fingerprint density at radius 2 is 2.30 bits per heavy atom. The van der Waals surface area contributed by atoms with E-state index in [1.165, 1.54) is 0 Å². The van der Waals surface area contributed by atoms with Crippen LogP contribution < -0.4 is 10.6 Å². The number of carbonyl (C=O) groups is 1. The van der Waals surface area contributed by atoms with E-state index in [-0.39, 0.29) is 11.5 Å². The minimum atomic E-state index is -3.04. The van der Waals surface area contributed by atoms with Crippen LogP contribution in [-0.2, 0) is 16.4 Å². The highest BCUT2D eigenvalue weighted by Crippen LogP contribution is 2.22. The number of sulfone groups is 1. The van der Waals surface area contributed by atoms with Gasteiger partial charge in [0.2, 0.25) is 0 Å². The molecule has 1 saturated heterocycles. The number of hydrogen-bond donors (Lipinski definition) is 2. The fourth-order valence-corrected chi connectivity index (χ4v) is 4.45. The monoisotopic (exact) mass is 300 g/mol. The van der Waals surface area contributed by atoms with Crippen LogP contribution in [0, 0.1) is 0 Å². The normalized spacial score (nSPS) is 24.5. The molecule has 1 aliphatic rings. The van der Waals surface area contributed by atoms with E-state index in [9.17, 15) is 13.2 Å². The minimum absolute atomic E-state index is 0.0123. The lowest BCUT2D eigenvalue weighted by Gasteiger charge is -2.24. The Morgan fingerprint density at radius 1 is 1.55 bits per heavy atom. The molecule has 0 aromatic carbocycles. The van der Waals surface area contributed by atoms with Crippen LogP contribution in [0.2, 0.25) is 0 Å². The maximum absolute atomic E-state index is 12.0. The van der Waals surface area contributed by atoms with Gasteiger partial charge in [-0.15, -0.1) is 0 Å². The van der Waals surface area contributed by atoms with Gasteiger partial charge in [-0.05, 0) is 19.8 Å². The molecule has 0 saturated carbocycles. The van der Waals surface area contributed by atoms with Gasteiger partial charge in [0, 0.05) is 12.6 Å². The fraction of sp³-hybridized carbons (Fsp3) is 0.667. The number of carbonyl (C=O) groups excluding carboxylic acids is 1. The van der Waals surface area contributed by atoms with Gasteiger partial charge in [0.1, 0.15) is 5.82 Å². The molecule has 7 nitrogen and oxygen atoms in total. The summed E-state index contributed by atoms with van der Waals surface area (Å²) in [5.74, 6) is 0.716. The van der Waals surface area contributed by atoms with E-state index in [0.717, 1.165) is 6.42 Å². The summed E-state index contributed by atoms with van der Waals surface area (Å²) in [7, 11) is -3.04. The van der Waals surface area contributed by atoms with Crippen molar-refractivity contribution in [1.82, 2.24) is 15.1 Å². The quantitative estimate of drug-likeness (QED) is 0.867. The zero-order valence-electron chi connectivity index (χ0n) is 11.7. The molecule has 0 bridgehead atoms. The van der Waals surface area contributed by atoms with E-state index in [1.54, 1.807) is 23.9 Å². The first kappa shape index (κ1) is 14.8. The van der Waals surface area contributed by atoms with Gasteiger partial charge in [0.15, 0.2) is 9.84 Å². The number of anilines is 1. The number of nitrogens with one attached hydrogen (secondary N) is 2. The molecule has 1 aromatic rings. The van der Waals surface area contributed by atoms with Gasteiger partial charge >= 0.3 is 6.03 Å². The first-order chi connectivity index (χ1) is 9.34. The zero-order chi connectivity index (χ0) is 14.8. The van der Waals surface area contributed by atoms with Crippen molar-refractivity contribution in [3.63, 3.8) is 0 Å². The number of amides is 2. The first-order valence-corrected chi connectivity index (χ1v) is 8.47. The number of urea groups is 1. The van der Waals surface area contributed by atoms with Crippen LogP contribution >= 0.6 is 0 Å². The second-order valence-electron chi connectivity index (χ2n) is 5.42. The largest absolute Gasteiger partial charge is 0.332 e. The van der Waals surface area contributed by atoms with E-state index in [4.69, 9.17) is 0 Å². The van der Waals surface area contributed by atoms with Gasteiger partial charge in [0.25, 0.3) is 0 Å². The predicted octanol–water partition coefficient (Wildman–Crippen LogP) is 0.992. The summed E-state index contributed by atoms with van der Waals surface area (Å²) >= 11 is 0. The van der Waals surface area contributed by atoms with E-state index in [1.807, 2.05) is 6.92 Å². The van der Waals surface area contributed by atoms with Crippen LogP contribution in [0.5, 0.6) is 0 Å². The second-order valence-corrected chi connectivity index (χ2v) is 7.61. The molecule has 8 heteroatoms. The predicted molar refractivity (Wildman–Crippen MR) is 76.3 cm³/mol. The summed E-state index contributed by atoms with van der Waals surface area (Å²) in [6, 6.07) is 1.31. The molecule has 1 aromatic heterocycles. The van der Waals surface area contributed by atoms with Gasteiger partial charge in [-0.25, -0.2) is 17.9 Å². The molecule has 112 valence electrons. The number of aryl methyl sites for hydroxylation is 1. The average molecular weight is 300 g/mol. The Hall–Kier alpha value is -1.57. The van der Waals surface area contributed by atoms with Crippen LogP contribution in [0.25, 0.3) is 0 Å². The Morgan fingerprint density at radius 3 is 2.90 bits per heavy atom. The molecule has 2 rings (SSSR count). The molecule has 0 spiro atoms. The van der Waals surface area contributed by atoms with Crippen molar-refractivity contribution < 1.29 is 13.2 Å². The summed E-state index contributed by atoms with van der Waals surface area (Å²) in [4.78, 5) is 12.0. The van der Waals surface area contributed by atoms with Gasteiger partial charge in [-0.3, -0.25) is 5.32 Å².